The average molecular weight is 402 g/mol. The number of nitrogens with zero attached hydrogens (tertiary/aromatic N) is 1. The molecule has 0 saturated heterocycles. The predicted molar refractivity (Wildman–Crippen MR) is 100 cm³/mol. The normalized spacial score (nSPS) is 11.9. The summed E-state index contributed by atoms with van der Waals surface area (Å²) in [7, 11) is 0. The van der Waals surface area contributed by atoms with Crippen molar-refractivity contribution in [2.45, 2.75) is 12.9 Å². The molecule has 0 radical (unpaired) electrons. The maximum absolute atomic E-state index is 14.0. The van der Waals surface area contributed by atoms with Crippen LogP contribution in [-0.4, -0.2) is 16.8 Å². The second-order valence-electron chi connectivity index (χ2n) is 6.47. The van der Waals surface area contributed by atoms with Crippen molar-refractivity contribution in [3.05, 3.63) is 77.6 Å². The molecule has 1 heterocycles. The van der Waals surface area contributed by atoms with Crippen molar-refractivity contribution in [1.29, 1.82) is 0 Å². The van der Waals surface area contributed by atoms with Crippen molar-refractivity contribution < 1.29 is 27.1 Å². The number of hydrogen-bond donors (Lipinski definition) is 1. The largest absolute Gasteiger partial charge is 0.573 e. The van der Waals surface area contributed by atoms with Gasteiger partial charge in [-0.25, -0.2) is 4.39 Å². The summed E-state index contributed by atoms with van der Waals surface area (Å²) in [5.41, 5.74) is 6.96. The predicted octanol–water partition coefficient (Wildman–Crippen LogP) is 4.98. The molecule has 0 atom stereocenters. The lowest BCUT2D eigenvalue weighted by Crippen LogP contribution is -2.18. The summed E-state index contributed by atoms with van der Waals surface area (Å²) in [5.74, 6) is -1.51. The molecule has 2 N–H and O–H groups in total. The van der Waals surface area contributed by atoms with Crippen LogP contribution < -0.4 is 10.5 Å². The van der Waals surface area contributed by atoms with Gasteiger partial charge in [0.05, 0.1) is 17.6 Å². The summed E-state index contributed by atoms with van der Waals surface area (Å²) in [6.45, 7) is -0.0298. The summed E-state index contributed by atoms with van der Waals surface area (Å²) in [5, 5.41) is 1.09. The number of aromatic nitrogens is 1. The van der Waals surface area contributed by atoms with E-state index in [0.29, 0.717) is 21.8 Å². The Morgan fingerprint density at radius 1 is 1.00 bits per heavy atom. The number of carbonyl (C=O) groups is 1. The lowest BCUT2D eigenvalue weighted by molar-refractivity contribution is -0.274. The molecule has 0 fully saturated rings. The summed E-state index contributed by atoms with van der Waals surface area (Å²) in [4.78, 5) is 11.9. The van der Waals surface area contributed by atoms with Gasteiger partial charge >= 0.3 is 6.36 Å². The van der Waals surface area contributed by atoms with Crippen LogP contribution in [0.3, 0.4) is 0 Å². The number of primary amides is 1. The second kappa shape index (κ2) is 6.80. The fourth-order valence-electron chi connectivity index (χ4n) is 3.52. The molecule has 4 nitrogen and oxygen atoms in total. The number of amides is 1. The highest BCUT2D eigenvalue weighted by atomic mass is 19.4. The molecule has 148 valence electrons. The third-order valence-electron chi connectivity index (χ3n) is 4.65. The zero-order valence-electron chi connectivity index (χ0n) is 14.8. The molecule has 1 aromatic heterocycles. The Hall–Kier alpha value is -3.55. The number of hydrogen-bond acceptors (Lipinski definition) is 2. The fraction of sp³-hybridized carbons (Fsp3) is 0.0952. The average Bonchev–Trinajstić information content (AvgIpc) is 2.95. The van der Waals surface area contributed by atoms with Crippen molar-refractivity contribution in [2.24, 2.45) is 5.73 Å². The van der Waals surface area contributed by atoms with Crippen LogP contribution in [0.5, 0.6) is 5.75 Å². The van der Waals surface area contributed by atoms with E-state index >= 15 is 0 Å². The van der Waals surface area contributed by atoms with Gasteiger partial charge in [0.15, 0.2) is 0 Å². The molecule has 0 aliphatic rings. The smallest absolute Gasteiger partial charge is 0.405 e. The molecule has 3 aromatic carbocycles. The highest BCUT2D eigenvalue weighted by molar-refractivity contribution is 6.17. The Bertz CT molecular complexity index is 1240. The van der Waals surface area contributed by atoms with Crippen LogP contribution in [-0.2, 0) is 6.54 Å². The van der Waals surface area contributed by atoms with E-state index in [2.05, 4.69) is 4.74 Å². The molecule has 29 heavy (non-hydrogen) atoms. The summed E-state index contributed by atoms with van der Waals surface area (Å²) in [6, 6.07) is 14.6. The van der Waals surface area contributed by atoms with Gasteiger partial charge in [-0.3, -0.25) is 4.79 Å². The van der Waals surface area contributed by atoms with E-state index in [1.807, 2.05) is 0 Å². The van der Waals surface area contributed by atoms with Crippen LogP contribution in [0.4, 0.5) is 17.6 Å². The number of alkyl halides is 3. The first-order valence-corrected chi connectivity index (χ1v) is 8.58. The first kappa shape index (κ1) is 18.8. The minimum absolute atomic E-state index is 0.0298. The number of halogens is 4. The van der Waals surface area contributed by atoms with Gasteiger partial charge in [0.1, 0.15) is 11.6 Å². The van der Waals surface area contributed by atoms with Gasteiger partial charge in [-0.1, -0.05) is 24.3 Å². The zero-order valence-corrected chi connectivity index (χ0v) is 14.8. The lowest BCUT2D eigenvalue weighted by atomic mass is 10.1. The third-order valence-corrected chi connectivity index (χ3v) is 4.65. The summed E-state index contributed by atoms with van der Waals surface area (Å²) in [6.07, 6.45) is -4.85. The molecule has 0 aliphatic heterocycles. The van der Waals surface area contributed by atoms with Crippen molar-refractivity contribution in [3.8, 4) is 5.75 Å². The van der Waals surface area contributed by atoms with Gasteiger partial charge in [0.25, 0.3) is 0 Å². The van der Waals surface area contributed by atoms with Crippen LogP contribution in [0, 0.1) is 5.82 Å². The molecule has 1 amide bonds. The quantitative estimate of drug-likeness (QED) is 0.490. The Balaban J connectivity index is 1.96. The van der Waals surface area contributed by atoms with E-state index in [9.17, 15) is 22.4 Å². The highest BCUT2D eigenvalue weighted by Gasteiger charge is 2.32. The molecule has 0 spiro atoms. The summed E-state index contributed by atoms with van der Waals surface area (Å²) >= 11 is 0. The Kier molecular flexibility index (Phi) is 4.41. The fourth-order valence-corrected chi connectivity index (χ4v) is 3.52. The van der Waals surface area contributed by atoms with E-state index in [-0.39, 0.29) is 23.4 Å². The first-order valence-electron chi connectivity index (χ1n) is 8.58. The maximum atomic E-state index is 14.0. The monoisotopic (exact) mass is 402 g/mol. The molecule has 0 saturated carbocycles. The number of benzene rings is 3. The van der Waals surface area contributed by atoms with Crippen molar-refractivity contribution >= 4 is 27.7 Å². The SMILES string of the molecule is NC(=O)c1cccc2c1c1ccc(F)cc1n2Cc1ccccc1OC(F)(F)F. The van der Waals surface area contributed by atoms with Crippen molar-refractivity contribution in [3.63, 3.8) is 0 Å². The van der Waals surface area contributed by atoms with E-state index in [4.69, 9.17) is 5.73 Å². The van der Waals surface area contributed by atoms with Gasteiger partial charge in [-0.05, 0) is 36.4 Å². The zero-order chi connectivity index (χ0) is 20.8. The minimum atomic E-state index is -4.85. The molecular weight excluding hydrogens is 388 g/mol. The first-order chi connectivity index (χ1) is 13.7. The number of carbonyl (C=O) groups excluding carboxylic acids is 1. The molecule has 0 bridgehead atoms. The van der Waals surface area contributed by atoms with Gasteiger partial charge in [0, 0.05) is 21.9 Å². The van der Waals surface area contributed by atoms with Crippen LogP contribution in [0.15, 0.2) is 60.7 Å². The van der Waals surface area contributed by atoms with Crippen LogP contribution >= 0.6 is 0 Å². The van der Waals surface area contributed by atoms with Crippen LogP contribution in [0.1, 0.15) is 15.9 Å². The third kappa shape index (κ3) is 3.49. The van der Waals surface area contributed by atoms with Crippen LogP contribution in [0.25, 0.3) is 21.8 Å². The lowest BCUT2D eigenvalue weighted by Gasteiger charge is -2.15. The maximum Gasteiger partial charge on any atom is 0.573 e. The molecule has 8 heteroatoms. The van der Waals surface area contributed by atoms with E-state index in [0.717, 1.165) is 0 Å². The van der Waals surface area contributed by atoms with Gasteiger partial charge in [-0.2, -0.15) is 0 Å². The second-order valence-corrected chi connectivity index (χ2v) is 6.47. The Morgan fingerprint density at radius 2 is 1.76 bits per heavy atom. The van der Waals surface area contributed by atoms with Crippen LogP contribution in [0.2, 0.25) is 0 Å². The number of rotatable bonds is 4. The van der Waals surface area contributed by atoms with Crippen molar-refractivity contribution in [1.82, 2.24) is 4.57 Å². The topological polar surface area (TPSA) is 57.2 Å². The molecule has 0 aliphatic carbocycles. The highest BCUT2D eigenvalue weighted by Crippen LogP contribution is 2.34. The molecular formula is C21H14F4N2O2. The number of para-hydroxylation sites is 1. The van der Waals surface area contributed by atoms with Crippen molar-refractivity contribution in [2.75, 3.05) is 0 Å². The molecule has 4 aromatic rings. The summed E-state index contributed by atoms with van der Waals surface area (Å²) < 4.78 is 58.0. The Morgan fingerprint density at radius 3 is 2.48 bits per heavy atom. The van der Waals surface area contributed by atoms with Gasteiger partial charge in [-0.15, -0.1) is 13.2 Å². The number of fused-ring (bicyclic) bond motifs is 3. The van der Waals surface area contributed by atoms with E-state index in [1.54, 1.807) is 28.8 Å². The van der Waals surface area contributed by atoms with Gasteiger partial charge in [0.2, 0.25) is 5.91 Å². The Labute approximate surface area is 162 Å². The van der Waals surface area contributed by atoms with Gasteiger partial charge < -0.3 is 15.0 Å². The number of nitrogens with two attached hydrogens (primary N) is 1. The van der Waals surface area contributed by atoms with E-state index < -0.39 is 18.1 Å². The molecule has 0 unspecified atom stereocenters. The standard InChI is InChI=1S/C21H14F4N2O2/c22-13-8-9-14-17(10-13)27(16-6-3-5-15(19(14)16)20(26)28)11-12-4-1-2-7-18(12)29-21(23,24)25/h1-10H,11H2,(H2,26,28). The molecule has 4 rings (SSSR count). The number of ether oxygens (including phenoxy) is 1. The van der Waals surface area contributed by atoms with E-state index in [1.165, 1.54) is 36.4 Å². The minimum Gasteiger partial charge on any atom is -0.405 e.